The number of hydrogen-bond acceptors (Lipinski definition) is 2. The van der Waals surface area contributed by atoms with E-state index in [9.17, 15) is 9.59 Å². The lowest BCUT2D eigenvalue weighted by Gasteiger charge is -2.06. The second-order valence-corrected chi connectivity index (χ2v) is 4.57. The Labute approximate surface area is 100 Å². The average Bonchev–Trinajstić information content (AvgIpc) is 2.98. The first-order valence-electron chi connectivity index (χ1n) is 5.75. The fourth-order valence-corrected chi connectivity index (χ4v) is 1.76. The van der Waals surface area contributed by atoms with Gasteiger partial charge in [-0.15, -0.1) is 0 Å². The van der Waals surface area contributed by atoms with E-state index in [1.165, 1.54) is 6.92 Å². The van der Waals surface area contributed by atoms with Gasteiger partial charge in [-0.05, 0) is 36.6 Å². The molecule has 4 heteroatoms. The average molecular weight is 232 g/mol. The van der Waals surface area contributed by atoms with Gasteiger partial charge in [-0.2, -0.15) is 0 Å². The molecule has 0 aromatic heterocycles. The van der Waals surface area contributed by atoms with Crippen LogP contribution in [0.3, 0.4) is 0 Å². The smallest absolute Gasteiger partial charge is 0.227 e. The molecule has 0 spiro atoms. The minimum atomic E-state index is -0.103. The van der Waals surface area contributed by atoms with E-state index in [-0.39, 0.29) is 17.7 Å². The van der Waals surface area contributed by atoms with Gasteiger partial charge in [0.25, 0.3) is 0 Å². The predicted octanol–water partition coefficient (Wildman–Crippen LogP) is 2.24. The minimum Gasteiger partial charge on any atom is -0.326 e. The van der Waals surface area contributed by atoms with Crippen LogP contribution in [0.2, 0.25) is 0 Å². The predicted molar refractivity (Wildman–Crippen MR) is 66.6 cm³/mol. The summed E-state index contributed by atoms with van der Waals surface area (Å²) in [5.74, 6) is 0.664. The molecule has 90 valence electrons. The highest BCUT2D eigenvalue weighted by Gasteiger charge is 2.38. The van der Waals surface area contributed by atoms with E-state index in [4.69, 9.17) is 0 Å². The van der Waals surface area contributed by atoms with Crippen molar-refractivity contribution in [3.05, 3.63) is 24.3 Å². The van der Waals surface area contributed by atoms with E-state index in [1.54, 1.807) is 24.3 Å². The number of rotatable bonds is 3. The normalized spacial score (nSPS) is 21.8. The quantitative estimate of drug-likeness (QED) is 0.839. The lowest BCUT2D eigenvalue weighted by atomic mass is 10.2. The Balaban J connectivity index is 1.93. The number of benzene rings is 1. The van der Waals surface area contributed by atoms with Crippen LogP contribution in [0.1, 0.15) is 20.3 Å². The van der Waals surface area contributed by atoms with Gasteiger partial charge < -0.3 is 10.6 Å². The molecule has 0 radical (unpaired) electrons. The molecular weight excluding hydrogens is 216 g/mol. The molecule has 0 saturated heterocycles. The molecule has 1 saturated carbocycles. The van der Waals surface area contributed by atoms with Crippen LogP contribution in [0.5, 0.6) is 0 Å². The number of anilines is 2. The van der Waals surface area contributed by atoms with Gasteiger partial charge in [0, 0.05) is 24.2 Å². The zero-order valence-electron chi connectivity index (χ0n) is 9.99. The van der Waals surface area contributed by atoms with E-state index < -0.39 is 0 Å². The molecule has 0 bridgehead atoms. The molecule has 17 heavy (non-hydrogen) atoms. The van der Waals surface area contributed by atoms with Gasteiger partial charge in [0.2, 0.25) is 11.8 Å². The van der Waals surface area contributed by atoms with Gasteiger partial charge in [-0.1, -0.05) is 6.92 Å². The first-order chi connectivity index (χ1) is 8.06. The lowest BCUT2D eigenvalue weighted by molar-refractivity contribution is -0.117. The molecule has 1 fully saturated rings. The summed E-state index contributed by atoms with van der Waals surface area (Å²) < 4.78 is 0. The van der Waals surface area contributed by atoms with Crippen LogP contribution in [0.15, 0.2) is 24.3 Å². The third-order valence-corrected chi connectivity index (χ3v) is 2.92. The van der Waals surface area contributed by atoms with Crippen molar-refractivity contribution in [3.8, 4) is 0 Å². The number of carbonyl (C=O) groups is 2. The number of amides is 2. The van der Waals surface area contributed by atoms with Crippen LogP contribution in [0.25, 0.3) is 0 Å². The van der Waals surface area contributed by atoms with Gasteiger partial charge in [0.15, 0.2) is 0 Å². The van der Waals surface area contributed by atoms with Crippen molar-refractivity contribution in [2.45, 2.75) is 20.3 Å². The van der Waals surface area contributed by atoms with Crippen LogP contribution in [-0.2, 0) is 9.59 Å². The topological polar surface area (TPSA) is 58.2 Å². The van der Waals surface area contributed by atoms with Crippen molar-refractivity contribution in [2.24, 2.45) is 11.8 Å². The summed E-state index contributed by atoms with van der Waals surface area (Å²) in [5, 5.41) is 5.54. The Hall–Kier alpha value is -1.84. The Morgan fingerprint density at radius 2 is 1.59 bits per heavy atom. The molecule has 1 aliphatic carbocycles. The molecule has 2 atom stereocenters. The molecule has 2 amide bonds. The highest BCUT2D eigenvalue weighted by Crippen LogP contribution is 2.38. The summed E-state index contributed by atoms with van der Waals surface area (Å²) >= 11 is 0. The maximum absolute atomic E-state index is 11.7. The third kappa shape index (κ3) is 3.06. The second kappa shape index (κ2) is 4.57. The first kappa shape index (κ1) is 11.6. The number of hydrogen-bond donors (Lipinski definition) is 2. The van der Waals surface area contributed by atoms with Crippen LogP contribution in [-0.4, -0.2) is 11.8 Å². The van der Waals surface area contributed by atoms with Crippen molar-refractivity contribution in [2.75, 3.05) is 10.6 Å². The van der Waals surface area contributed by atoms with Crippen LogP contribution < -0.4 is 10.6 Å². The zero-order valence-corrected chi connectivity index (χ0v) is 9.99. The molecule has 0 aliphatic heterocycles. The van der Waals surface area contributed by atoms with E-state index in [0.717, 1.165) is 17.8 Å². The van der Waals surface area contributed by atoms with E-state index in [0.29, 0.717) is 5.92 Å². The van der Waals surface area contributed by atoms with Crippen LogP contribution in [0, 0.1) is 11.8 Å². The van der Waals surface area contributed by atoms with Crippen molar-refractivity contribution in [1.82, 2.24) is 0 Å². The standard InChI is InChI=1S/C13H16N2O2/c1-8-7-12(8)13(17)15-11-5-3-10(4-6-11)14-9(2)16/h3-6,8,12H,7H2,1-2H3,(H,14,16)(H,15,17). The molecule has 1 aromatic rings. The minimum absolute atomic E-state index is 0.0878. The van der Waals surface area contributed by atoms with E-state index in [2.05, 4.69) is 17.6 Å². The Morgan fingerprint density at radius 3 is 2.00 bits per heavy atom. The van der Waals surface area contributed by atoms with Gasteiger partial charge in [-0.25, -0.2) is 0 Å². The zero-order chi connectivity index (χ0) is 12.4. The maximum Gasteiger partial charge on any atom is 0.227 e. The summed E-state index contributed by atoms with van der Waals surface area (Å²) in [4.78, 5) is 22.5. The highest BCUT2D eigenvalue weighted by molar-refractivity contribution is 5.95. The first-order valence-corrected chi connectivity index (χ1v) is 5.75. The number of nitrogens with one attached hydrogen (secondary N) is 2. The van der Waals surface area contributed by atoms with E-state index >= 15 is 0 Å². The molecule has 2 N–H and O–H groups in total. The van der Waals surface area contributed by atoms with Crippen molar-refractivity contribution >= 4 is 23.2 Å². The van der Waals surface area contributed by atoms with Gasteiger partial charge in [-0.3, -0.25) is 9.59 Å². The Kier molecular flexibility index (Phi) is 3.13. The fourth-order valence-electron chi connectivity index (χ4n) is 1.76. The fraction of sp³-hybridized carbons (Fsp3) is 0.385. The van der Waals surface area contributed by atoms with Crippen molar-refractivity contribution in [1.29, 1.82) is 0 Å². The second-order valence-electron chi connectivity index (χ2n) is 4.57. The summed E-state index contributed by atoms with van der Waals surface area (Å²) in [6.45, 7) is 3.54. The summed E-state index contributed by atoms with van der Waals surface area (Å²) in [5.41, 5.74) is 1.50. The number of carbonyl (C=O) groups excluding carboxylic acids is 2. The SMILES string of the molecule is CC(=O)Nc1ccc(NC(=O)C2CC2C)cc1. The largest absolute Gasteiger partial charge is 0.326 e. The summed E-state index contributed by atoms with van der Waals surface area (Å²) in [6.07, 6.45) is 0.982. The molecular formula is C13H16N2O2. The summed E-state index contributed by atoms with van der Waals surface area (Å²) in [7, 11) is 0. The molecule has 1 aromatic carbocycles. The molecule has 0 heterocycles. The Bertz CT molecular complexity index is 439. The molecule has 2 unspecified atom stereocenters. The van der Waals surface area contributed by atoms with Gasteiger partial charge >= 0.3 is 0 Å². The van der Waals surface area contributed by atoms with Gasteiger partial charge in [0.1, 0.15) is 0 Å². The molecule has 2 rings (SSSR count). The summed E-state index contributed by atoms with van der Waals surface area (Å²) in [6, 6.07) is 7.12. The van der Waals surface area contributed by atoms with Crippen molar-refractivity contribution in [3.63, 3.8) is 0 Å². The molecule has 1 aliphatic rings. The monoisotopic (exact) mass is 232 g/mol. The van der Waals surface area contributed by atoms with E-state index in [1.807, 2.05) is 0 Å². The third-order valence-electron chi connectivity index (χ3n) is 2.92. The van der Waals surface area contributed by atoms with Crippen LogP contribution >= 0.6 is 0 Å². The Morgan fingerprint density at radius 1 is 1.12 bits per heavy atom. The van der Waals surface area contributed by atoms with Crippen LogP contribution in [0.4, 0.5) is 11.4 Å². The highest BCUT2D eigenvalue weighted by atomic mass is 16.2. The maximum atomic E-state index is 11.7. The molecule has 4 nitrogen and oxygen atoms in total. The lowest BCUT2D eigenvalue weighted by Crippen LogP contribution is -2.14. The van der Waals surface area contributed by atoms with Crippen molar-refractivity contribution < 1.29 is 9.59 Å². The van der Waals surface area contributed by atoms with Gasteiger partial charge in [0.05, 0.1) is 0 Å².